The van der Waals surface area contributed by atoms with Crippen LogP contribution in [0.4, 0.5) is 0 Å². The zero-order valence-electron chi connectivity index (χ0n) is 14.9. The summed E-state index contributed by atoms with van der Waals surface area (Å²) < 4.78 is 0. The molecule has 0 nitrogen and oxygen atoms in total. The van der Waals surface area contributed by atoms with Gasteiger partial charge in [-0.1, -0.05) is 64.5 Å². The Kier molecular flexibility index (Phi) is 26.6. The van der Waals surface area contributed by atoms with Crippen molar-refractivity contribution in [2.45, 2.75) is 54.9 Å². The molecule has 0 aromatic heterocycles. The van der Waals surface area contributed by atoms with Crippen LogP contribution in [0.15, 0.2) is 65.5 Å². The minimum Gasteiger partial charge on any atom is -0.121 e. The second kappa shape index (κ2) is 23.2. The minimum atomic E-state index is 1.22. The van der Waals surface area contributed by atoms with Crippen molar-refractivity contribution in [1.82, 2.24) is 0 Å². The fraction of sp³-hybridized carbons (Fsp3) is 0.381. The lowest BCUT2D eigenvalue weighted by Crippen LogP contribution is -1.81. The Bertz CT molecular complexity index is 425. The van der Waals surface area contributed by atoms with Crippen LogP contribution in [0.25, 0.3) is 0 Å². The third-order valence-corrected chi connectivity index (χ3v) is 1.82. The van der Waals surface area contributed by atoms with Gasteiger partial charge in [0, 0.05) is 0 Å². The first-order valence-electron chi connectivity index (χ1n) is 7.67. The number of terminal acetylenes is 1. The number of rotatable bonds is 2. The van der Waals surface area contributed by atoms with Crippen LogP contribution in [-0.2, 0) is 0 Å². The largest absolute Gasteiger partial charge is 0.121 e. The predicted molar refractivity (Wildman–Crippen MR) is 100 cm³/mol. The molecule has 0 bridgehead atoms. The highest BCUT2D eigenvalue weighted by Crippen LogP contribution is 2.14. The van der Waals surface area contributed by atoms with Gasteiger partial charge in [-0.2, -0.15) is 0 Å². The van der Waals surface area contributed by atoms with Gasteiger partial charge in [0.15, 0.2) is 0 Å². The Labute approximate surface area is 133 Å². The summed E-state index contributed by atoms with van der Waals surface area (Å²) in [6.07, 6.45) is 22.1. The lowest BCUT2D eigenvalue weighted by Gasteiger charge is -2.00. The van der Waals surface area contributed by atoms with Crippen LogP contribution in [0.3, 0.4) is 0 Å². The van der Waals surface area contributed by atoms with Crippen molar-refractivity contribution in [3.05, 3.63) is 65.5 Å². The van der Waals surface area contributed by atoms with E-state index in [4.69, 9.17) is 0 Å². The van der Waals surface area contributed by atoms with Crippen LogP contribution in [0.2, 0.25) is 0 Å². The van der Waals surface area contributed by atoms with Crippen molar-refractivity contribution in [2.24, 2.45) is 0 Å². The molecule has 0 radical (unpaired) electrons. The third-order valence-electron chi connectivity index (χ3n) is 1.82. The summed E-state index contributed by atoms with van der Waals surface area (Å²) in [6.45, 7) is 14.0. The van der Waals surface area contributed by atoms with E-state index >= 15 is 0 Å². The fourth-order valence-corrected chi connectivity index (χ4v) is 1.19. The quantitative estimate of drug-likeness (QED) is 0.297. The van der Waals surface area contributed by atoms with Crippen molar-refractivity contribution in [3.8, 4) is 12.3 Å². The SMILES string of the molecule is C#CC.C/C=C\C(=C/C)C1=CC=C=CC=C1.CC.CCC. The zero-order chi connectivity index (χ0) is 16.9. The van der Waals surface area contributed by atoms with Gasteiger partial charge in [0.25, 0.3) is 0 Å². The summed E-state index contributed by atoms with van der Waals surface area (Å²) in [5.41, 5.74) is 5.50. The molecular formula is C21H32. The molecule has 21 heavy (non-hydrogen) atoms. The molecule has 0 heterocycles. The van der Waals surface area contributed by atoms with Crippen molar-refractivity contribution in [3.63, 3.8) is 0 Å². The lowest BCUT2D eigenvalue weighted by atomic mass is 10.0. The van der Waals surface area contributed by atoms with Gasteiger partial charge in [0.05, 0.1) is 0 Å². The summed E-state index contributed by atoms with van der Waals surface area (Å²) in [4.78, 5) is 0. The first-order chi connectivity index (χ1) is 10.2. The maximum Gasteiger partial charge on any atom is -0.00297 e. The molecule has 0 aromatic rings. The van der Waals surface area contributed by atoms with Crippen molar-refractivity contribution >= 4 is 0 Å². The zero-order valence-corrected chi connectivity index (χ0v) is 14.9. The summed E-state index contributed by atoms with van der Waals surface area (Å²) in [7, 11) is 0. The van der Waals surface area contributed by atoms with E-state index < -0.39 is 0 Å². The summed E-state index contributed by atoms with van der Waals surface area (Å²) in [5, 5.41) is 0. The fourth-order valence-electron chi connectivity index (χ4n) is 1.19. The molecule has 0 aliphatic heterocycles. The first kappa shape index (κ1) is 24.1. The van der Waals surface area contributed by atoms with Gasteiger partial charge >= 0.3 is 0 Å². The van der Waals surface area contributed by atoms with Crippen molar-refractivity contribution in [2.75, 3.05) is 0 Å². The monoisotopic (exact) mass is 284 g/mol. The average Bonchev–Trinajstić information content (AvgIpc) is 2.77. The van der Waals surface area contributed by atoms with Crippen LogP contribution >= 0.6 is 0 Å². The van der Waals surface area contributed by atoms with E-state index in [1.54, 1.807) is 6.92 Å². The van der Waals surface area contributed by atoms with Crippen LogP contribution in [0.1, 0.15) is 54.9 Å². The Balaban J connectivity index is -0.000000342. The molecule has 1 rings (SSSR count). The van der Waals surface area contributed by atoms with E-state index in [2.05, 4.69) is 56.2 Å². The molecule has 0 heteroatoms. The molecule has 0 fully saturated rings. The highest BCUT2D eigenvalue weighted by atomic mass is 14.0. The Morgan fingerprint density at radius 1 is 1.24 bits per heavy atom. The smallest absolute Gasteiger partial charge is 0.00297 e. The van der Waals surface area contributed by atoms with Crippen LogP contribution in [0.5, 0.6) is 0 Å². The van der Waals surface area contributed by atoms with Crippen molar-refractivity contribution < 1.29 is 0 Å². The standard InChI is InChI=1S/C13H14.C3H8.C3H4.C2H6/c1-3-9-12(4-2)13-10-7-5-6-8-11-13;2*1-3-2;1-2/h3-5,7-11H,1-2H3;3H2,1-2H3;1H,2H3;1-2H3/b9-3-,12-4+;;;. The molecule has 0 N–H and O–H groups in total. The van der Waals surface area contributed by atoms with E-state index in [9.17, 15) is 0 Å². The van der Waals surface area contributed by atoms with Gasteiger partial charge in [0.2, 0.25) is 0 Å². The Morgan fingerprint density at radius 3 is 2.19 bits per heavy atom. The average molecular weight is 284 g/mol. The van der Waals surface area contributed by atoms with Gasteiger partial charge < -0.3 is 0 Å². The second-order valence-corrected chi connectivity index (χ2v) is 3.72. The maximum atomic E-state index is 4.60. The minimum absolute atomic E-state index is 1.22. The van der Waals surface area contributed by atoms with Gasteiger partial charge in [-0.15, -0.1) is 18.1 Å². The normalized spacial score (nSPS) is 11.7. The molecule has 1 aliphatic rings. The van der Waals surface area contributed by atoms with Gasteiger partial charge in [-0.25, -0.2) is 0 Å². The summed E-state index contributed by atoms with van der Waals surface area (Å²) in [6, 6.07) is 0. The van der Waals surface area contributed by atoms with Crippen LogP contribution < -0.4 is 0 Å². The molecule has 0 saturated heterocycles. The Hall–Kier alpha value is -1.96. The molecule has 0 aromatic carbocycles. The molecule has 116 valence electrons. The number of hydrogen-bond donors (Lipinski definition) is 0. The predicted octanol–water partition coefficient (Wildman–Crippen LogP) is 6.80. The highest BCUT2D eigenvalue weighted by molar-refractivity contribution is 5.49. The molecule has 0 atom stereocenters. The van der Waals surface area contributed by atoms with Gasteiger partial charge in [-0.05, 0) is 50.1 Å². The molecule has 0 unspecified atom stereocenters. The van der Waals surface area contributed by atoms with Crippen LogP contribution in [0, 0.1) is 12.3 Å². The van der Waals surface area contributed by atoms with E-state index in [1.165, 1.54) is 17.6 Å². The van der Waals surface area contributed by atoms with E-state index in [1.807, 2.05) is 52.0 Å². The molecule has 0 amide bonds. The number of hydrogen-bond acceptors (Lipinski definition) is 0. The van der Waals surface area contributed by atoms with E-state index in [0.29, 0.717) is 0 Å². The highest BCUT2D eigenvalue weighted by Gasteiger charge is 1.95. The molecule has 0 spiro atoms. The van der Waals surface area contributed by atoms with E-state index in [0.717, 1.165) is 0 Å². The van der Waals surface area contributed by atoms with Crippen molar-refractivity contribution in [1.29, 1.82) is 0 Å². The first-order valence-corrected chi connectivity index (χ1v) is 7.67. The van der Waals surface area contributed by atoms with Gasteiger partial charge in [-0.3, -0.25) is 0 Å². The molecule has 0 saturated carbocycles. The molecular weight excluding hydrogens is 252 g/mol. The Morgan fingerprint density at radius 2 is 1.76 bits per heavy atom. The summed E-state index contributed by atoms with van der Waals surface area (Å²) in [5.74, 6) is 2.25. The van der Waals surface area contributed by atoms with Gasteiger partial charge in [0.1, 0.15) is 0 Å². The third kappa shape index (κ3) is 18.0. The topological polar surface area (TPSA) is 0 Å². The van der Waals surface area contributed by atoms with E-state index in [-0.39, 0.29) is 0 Å². The molecule has 1 aliphatic carbocycles. The lowest BCUT2D eigenvalue weighted by molar-refractivity contribution is 1.09. The number of allylic oxidation sites excluding steroid dienone is 9. The summed E-state index contributed by atoms with van der Waals surface area (Å²) >= 11 is 0. The second-order valence-electron chi connectivity index (χ2n) is 3.72. The van der Waals surface area contributed by atoms with Crippen LogP contribution in [-0.4, -0.2) is 0 Å². The maximum absolute atomic E-state index is 4.60.